The average Bonchev–Trinajstić information content (AvgIpc) is 2.88. The zero-order valence-corrected chi connectivity index (χ0v) is 10.4. The standard InChI is InChI=1S/C13H16N2O3/c1-9(14)12-4-3-10(16-2)7-13(12)17-8-11-5-6-15-18-11/h3-7,9H,8,14H2,1-2H3. The van der Waals surface area contributed by atoms with Crippen LogP contribution in [0.3, 0.4) is 0 Å². The van der Waals surface area contributed by atoms with Crippen LogP contribution in [0.25, 0.3) is 0 Å². The molecular formula is C13H16N2O3. The lowest BCUT2D eigenvalue weighted by Gasteiger charge is -2.14. The van der Waals surface area contributed by atoms with E-state index >= 15 is 0 Å². The predicted molar refractivity (Wildman–Crippen MR) is 66.4 cm³/mol. The van der Waals surface area contributed by atoms with Gasteiger partial charge in [-0.2, -0.15) is 0 Å². The zero-order valence-electron chi connectivity index (χ0n) is 10.4. The summed E-state index contributed by atoms with van der Waals surface area (Å²) in [6, 6.07) is 7.22. The van der Waals surface area contributed by atoms with Gasteiger partial charge >= 0.3 is 0 Å². The summed E-state index contributed by atoms with van der Waals surface area (Å²) in [5, 5.41) is 3.62. The van der Waals surface area contributed by atoms with Crippen molar-refractivity contribution in [1.29, 1.82) is 0 Å². The molecular weight excluding hydrogens is 232 g/mol. The number of rotatable bonds is 5. The van der Waals surface area contributed by atoms with Crippen LogP contribution in [-0.4, -0.2) is 12.3 Å². The maximum atomic E-state index is 5.90. The Balaban J connectivity index is 2.18. The maximum Gasteiger partial charge on any atom is 0.174 e. The van der Waals surface area contributed by atoms with E-state index in [0.29, 0.717) is 18.1 Å². The average molecular weight is 248 g/mol. The summed E-state index contributed by atoms with van der Waals surface area (Å²) in [5.41, 5.74) is 6.82. The Kier molecular flexibility index (Phi) is 3.84. The third kappa shape index (κ3) is 2.81. The lowest BCUT2D eigenvalue weighted by molar-refractivity contribution is 0.245. The van der Waals surface area contributed by atoms with Crippen LogP contribution in [-0.2, 0) is 6.61 Å². The molecule has 0 bridgehead atoms. The van der Waals surface area contributed by atoms with Gasteiger partial charge in [-0.25, -0.2) is 0 Å². The monoisotopic (exact) mass is 248 g/mol. The molecule has 2 aromatic rings. The van der Waals surface area contributed by atoms with Gasteiger partial charge in [0.2, 0.25) is 0 Å². The van der Waals surface area contributed by atoms with E-state index in [4.69, 9.17) is 19.7 Å². The van der Waals surface area contributed by atoms with E-state index in [9.17, 15) is 0 Å². The van der Waals surface area contributed by atoms with Crippen molar-refractivity contribution >= 4 is 0 Å². The highest BCUT2D eigenvalue weighted by Crippen LogP contribution is 2.29. The minimum atomic E-state index is -0.111. The number of hydrogen-bond acceptors (Lipinski definition) is 5. The molecule has 0 aliphatic heterocycles. The van der Waals surface area contributed by atoms with Gasteiger partial charge in [-0.1, -0.05) is 11.2 Å². The molecule has 96 valence electrons. The lowest BCUT2D eigenvalue weighted by Crippen LogP contribution is -2.08. The van der Waals surface area contributed by atoms with Crippen LogP contribution in [0.5, 0.6) is 11.5 Å². The highest BCUT2D eigenvalue weighted by Gasteiger charge is 2.10. The topological polar surface area (TPSA) is 70.5 Å². The summed E-state index contributed by atoms with van der Waals surface area (Å²) in [6.07, 6.45) is 1.58. The molecule has 1 aromatic carbocycles. The molecule has 0 spiro atoms. The number of hydrogen-bond donors (Lipinski definition) is 1. The maximum absolute atomic E-state index is 5.90. The van der Waals surface area contributed by atoms with E-state index in [2.05, 4.69) is 5.16 Å². The van der Waals surface area contributed by atoms with Gasteiger partial charge in [0, 0.05) is 23.7 Å². The Morgan fingerprint density at radius 1 is 1.39 bits per heavy atom. The van der Waals surface area contributed by atoms with Gasteiger partial charge in [0.15, 0.2) is 5.76 Å². The van der Waals surface area contributed by atoms with Gasteiger partial charge in [0.1, 0.15) is 18.1 Å². The van der Waals surface area contributed by atoms with E-state index in [1.165, 1.54) is 0 Å². The normalized spacial score (nSPS) is 12.2. The second-order valence-electron chi connectivity index (χ2n) is 3.96. The van der Waals surface area contributed by atoms with E-state index in [0.717, 1.165) is 11.3 Å². The minimum Gasteiger partial charge on any atom is -0.497 e. The molecule has 1 unspecified atom stereocenters. The third-order valence-electron chi connectivity index (χ3n) is 2.57. The quantitative estimate of drug-likeness (QED) is 0.879. The fraction of sp³-hybridized carbons (Fsp3) is 0.308. The molecule has 1 aromatic heterocycles. The minimum absolute atomic E-state index is 0.111. The van der Waals surface area contributed by atoms with Crippen molar-refractivity contribution in [2.75, 3.05) is 7.11 Å². The van der Waals surface area contributed by atoms with Gasteiger partial charge in [0.25, 0.3) is 0 Å². The van der Waals surface area contributed by atoms with E-state index in [-0.39, 0.29) is 6.04 Å². The second kappa shape index (κ2) is 5.55. The molecule has 0 amide bonds. The number of nitrogens with zero attached hydrogens (tertiary/aromatic N) is 1. The first kappa shape index (κ1) is 12.4. The molecule has 0 aliphatic rings. The van der Waals surface area contributed by atoms with Crippen LogP contribution >= 0.6 is 0 Å². The summed E-state index contributed by atoms with van der Waals surface area (Å²) >= 11 is 0. The van der Waals surface area contributed by atoms with Crippen LogP contribution in [0.2, 0.25) is 0 Å². The summed E-state index contributed by atoms with van der Waals surface area (Å²) in [6.45, 7) is 2.22. The number of nitrogens with two attached hydrogens (primary N) is 1. The first-order valence-electron chi connectivity index (χ1n) is 5.66. The number of methoxy groups -OCH3 is 1. The summed E-state index contributed by atoms with van der Waals surface area (Å²) < 4.78 is 15.8. The Hall–Kier alpha value is -2.01. The van der Waals surface area contributed by atoms with Crippen LogP contribution in [0, 0.1) is 0 Å². The van der Waals surface area contributed by atoms with Crippen molar-refractivity contribution < 1.29 is 14.0 Å². The van der Waals surface area contributed by atoms with Crippen molar-refractivity contribution in [1.82, 2.24) is 5.16 Å². The summed E-state index contributed by atoms with van der Waals surface area (Å²) in [4.78, 5) is 0. The second-order valence-corrected chi connectivity index (χ2v) is 3.96. The highest BCUT2D eigenvalue weighted by molar-refractivity contribution is 5.42. The molecule has 18 heavy (non-hydrogen) atoms. The summed E-state index contributed by atoms with van der Waals surface area (Å²) in [7, 11) is 1.61. The van der Waals surface area contributed by atoms with Crippen LogP contribution in [0.1, 0.15) is 24.3 Å². The summed E-state index contributed by atoms with van der Waals surface area (Å²) in [5.74, 6) is 2.08. The molecule has 0 aliphatic carbocycles. The molecule has 0 radical (unpaired) electrons. The fourth-order valence-corrected chi connectivity index (χ4v) is 1.61. The highest BCUT2D eigenvalue weighted by atomic mass is 16.5. The Labute approximate surface area is 105 Å². The predicted octanol–water partition coefficient (Wildman–Crippen LogP) is 2.28. The largest absolute Gasteiger partial charge is 0.497 e. The number of aromatic nitrogens is 1. The van der Waals surface area contributed by atoms with Gasteiger partial charge in [-0.05, 0) is 13.0 Å². The number of ether oxygens (including phenoxy) is 2. The van der Waals surface area contributed by atoms with Gasteiger partial charge in [-0.3, -0.25) is 0 Å². The lowest BCUT2D eigenvalue weighted by atomic mass is 10.1. The van der Waals surface area contributed by atoms with E-state index in [1.54, 1.807) is 19.4 Å². The molecule has 0 saturated heterocycles. The van der Waals surface area contributed by atoms with Crippen LogP contribution < -0.4 is 15.2 Å². The van der Waals surface area contributed by atoms with Gasteiger partial charge < -0.3 is 19.7 Å². The van der Waals surface area contributed by atoms with Crippen molar-refractivity contribution in [3.8, 4) is 11.5 Å². The molecule has 5 heteroatoms. The van der Waals surface area contributed by atoms with Crippen LogP contribution in [0.4, 0.5) is 0 Å². The van der Waals surface area contributed by atoms with Crippen molar-refractivity contribution in [2.24, 2.45) is 5.73 Å². The zero-order chi connectivity index (χ0) is 13.0. The van der Waals surface area contributed by atoms with Gasteiger partial charge in [0.05, 0.1) is 13.3 Å². The van der Waals surface area contributed by atoms with E-state index in [1.807, 2.05) is 25.1 Å². The first-order chi connectivity index (χ1) is 8.70. The van der Waals surface area contributed by atoms with E-state index < -0.39 is 0 Å². The smallest absolute Gasteiger partial charge is 0.174 e. The fourth-order valence-electron chi connectivity index (χ4n) is 1.61. The third-order valence-corrected chi connectivity index (χ3v) is 2.57. The van der Waals surface area contributed by atoms with Gasteiger partial charge in [-0.15, -0.1) is 0 Å². The van der Waals surface area contributed by atoms with Crippen LogP contribution in [0.15, 0.2) is 35.0 Å². The molecule has 1 heterocycles. The SMILES string of the molecule is COc1ccc(C(C)N)c(OCc2ccno2)c1. The first-order valence-corrected chi connectivity index (χ1v) is 5.66. The number of benzene rings is 1. The Morgan fingerprint density at radius 3 is 2.83 bits per heavy atom. The molecule has 0 saturated carbocycles. The van der Waals surface area contributed by atoms with Crippen molar-refractivity contribution in [3.63, 3.8) is 0 Å². The Morgan fingerprint density at radius 2 is 2.22 bits per heavy atom. The molecule has 5 nitrogen and oxygen atoms in total. The van der Waals surface area contributed by atoms with Crippen molar-refractivity contribution in [2.45, 2.75) is 19.6 Å². The molecule has 1 atom stereocenters. The van der Waals surface area contributed by atoms with Crippen molar-refractivity contribution in [3.05, 3.63) is 41.8 Å². The molecule has 0 fully saturated rings. The molecule has 2 N–H and O–H groups in total. The molecule has 2 rings (SSSR count). The Bertz CT molecular complexity index is 495.